The minimum Gasteiger partial charge on any atom is -0.423 e. The molecule has 0 atom stereocenters. The average Bonchev–Trinajstić information content (AvgIpc) is 2.75. The van der Waals surface area contributed by atoms with Gasteiger partial charge < -0.3 is 18.9 Å². The van der Waals surface area contributed by atoms with E-state index in [1.807, 2.05) is 0 Å². The van der Waals surface area contributed by atoms with Crippen LogP contribution >= 0.6 is 0 Å². The van der Waals surface area contributed by atoms with Gasteiger partial charge in [-0.1, -0.05) is 19.7 Å². The van der Waals surface area contributed by atoms with Gasteiger partial charge in [0.1, 0.15) is 11.5 Å². The van der Waals surface area contributed by atoms with Crippen molar-refractivity contribution >= 4 is 23.9 Å². The molecule has 2 aromatic rings. The van der Waals surface area contributed by atoms with Crippen molar-refractivity contribution in [3.8, 4) is 23.0 Å². The lowest BCUT2D eigenvalue weighted by Crippen LogP contribution is -2.12. The van der Waals surface area contributed by atoms with Crippen molar-refractivity contribution in [3.63, 3.8) is 0 Å². The molecular weight excluding hydrogens is 392 g/mol. The normalized spacial score (nSPS) is 9.60. The topological polar surface area (TPSA) is 105 Å². The SMILES string of the molecule is C=CC(=O)Oc1ccc(OC(=O)c2ccc(OC(=O)C=C)c(OC(=O)C=C)c2)cc1. The Kier molecular flexibility index (Phi) is 7.41. The highest BCUT2D eigenvalue weighted by Gasteiger charge is 2.17. The Morgan fingerprint density at radius 3 is 1.60 bits per heavy atom. The third-order valence-corrected chi connectivity index (χ3v) is 3.35. The van der Waals surface area contributed by atoms with Crippen molar-refractivity contribution < 1.29 is 38.1 Å². The summed E-state index contributed by atoms with van der Waals surface area (Å²) in [5.41, 5.74) is 0.0161. The number of ether oxygens (including phenoxy) is 4. The van der Waals surface area contributed by atoms with Gasteiger partial charge in [-0.05, 0) is 42.5 Å². The highest BCUT2D eigenvalue weighted by atomic mass is 16.6. The lowest BCUT2D eigenvalue weighted by molar-refractivity contribution is -0.131. The molecule has 0 saturated carbocycles. The summed E-state index contributed by atoms with van der Waals surface area (Å²) in [6.07, 6.45) is 2.85. The van der Waals surface area contributed by atoms with E-state index in [-0.39, 0.29) is 28.6 Å². The fourth-order valence-corrected chi connectivity index (χ4v) is 2.00. The van der Waals surface area contributed by atoms with Gasteiger partial charge >= 0.3 is 23.9 Å². The highest BCUT2D eigenvalue weighted by Crippen LogP contribution is 2.30. The van der Waals surface area contributed by atoms with Crippen LogP contribution in [-0.4, -0.2) is 23.9 Å². The summed E-state index contributed by atoms with van der Waals surface area (Å²) < 4.78 is 20.1. The number of carbonyl (C=O) groups is 4. The molecule has 0 aliphatic carbocycles. The number of hydrogen-bond donors (Lipinski definition) is 0. The fourth-order valence-electron chi connectivity index (χ4n) is 2.00. The van der Waals surface area contributed by atoms with Gasteiger partial charge in [0.05, 0.1) is 5.56 Å². The fraction of sp³-hybridized carbons (Fsp3) is 0. The van der Waals surface area contributed by atoms with Crippen LogP contribution < -0.4 is 18.9 Å². The Hall–Kier alpha value is -4.46. The van der Waals surface area contributed by atoms with Crippen LogP contribution in [0.5, 0.6) is 23.0 Å². The molecule has 0 aliphatic heterocycles. The molecule has 0 N–H and O–H groups in total. The van der Waals surface area contributed by atoms with Gasteiger partial charge in [0.25, 0.3) is 0 Å². The molecule has 0 saturated heterocycles. The van der Waals surface area contributed by atoms with Crippen LogP contribution in [0.4, 0.5) is 0 Å². The second-order valence-electron chi connectivity index (χ2n) is 5.40. The Morgan fingerprint density at radius 1 is 0.600 bits per heavy atom. The van der Waals surface area contributed by atoms with Crippen molar-refractivity contribution in [1.82, 2.24) is 0 Å². The van der Waals surface area contributed by atoms with E-state index in [4.69, 9.17) is 18.9 Å². The molecule has 152 valence electrons. The standard InChI is InChI=1S/C22H16O8/c1-4-19(23)27-15-8-10-16(11-9-15)28-22(26)14-7-12-17(29-20(24)5-2)18(13-14)30-21(25)6-3/h4-13H,1-3H2. The molecule has 0 unspecified atom stereocenters. The zero-order chi connectivity index (χ0) is 22.1. The molecule has 8 nitrogen and oxygen atoms in total. The maximum absolute atomic E-state index is 12.4. The van der Waals surface area contributed by atoms with Gasteiger partial charge in [-0.2, -0.15) is 0 Å². The maximum atomic E-state index is 12.4. The highest BCUT2D eigenvalue weighted by molar-refractivity contribution is 5.93. The lowest BCUT2D eigenvalue weighted by atomic mass is 10.2. The average molecular weight is 408 g/mol. The van der Waals surface area contributed by atoms with Crippen LogP contribution in [0, 0.1) is 0 Å². The van der Waals surface area contributed by atoms with Gasteiger partial charge in [-0.15, -0.1) is 0 Å². The summed E-state index contributed by atoms with van der Waals surface area (Å²) in [7, 11) is 0. The Morgan fingerprint density at radius 2 is 1.07 bits per heavy atom. The molecule has 0 spiro atoms. The van der Waals surface area contributed by atoms with Crippen LogP contribution in [-0.2, 0) is 14.4 Å². The number of carbonyl (C=O) groups excluding carboxylic acids is 4. The Bertz CT molecular complexity index is 1020. The van der Waals surface area contributed by atoms with Crippen molar-refractivity contribution in [3.05, 3.63) is 86.0 Å². The van der Waals surface area contributed by atoms with E-state index in [0.29, 0.717) is 0 Å². The predicted molar refractivity (Wildman–Crippen MR) is 105 cm³/mol. The van der Waals surface area contributed by atoms with Crippen LogP contribution in [0.25, 0.3) is 0 Å². The van der Waals surface area contributed by atoms with Crippen molar-refractivity contribution in [2.24, 2.45) is 0 Å². The Balaban J connectivity index is 2.20. The van der Waals surface area contributed by atoms with Gasteiger partial charge in [0.15, 0.2) is 11.5 Å². The van der Waals surface area contributed by atoms with Crippen LogP contribution in [0.3, 0.4) is 0 Å². The quantitative estimate of drug-likeness (QED) is 0.373. The number of hydrogen-bond acceptors (Lipinski definition) is 8. The van der Waals surface area contributed by atoms with Gasteiger partial charge in [0.2, 0.25) is 0 Å². The molecule has 30 heavy (non-hydrogen) atoms. The van der Waals surface area contributed by atoms with E-state index in [9.17, 15) is 19.2 Å². The molecule has 0 amide bonds. The van der Waals surface area contributed by atoms with Crippen molar-refractivity contribution in [1.29, 1.82) is 0 Å². The van der Waals surface area contributed by atoms with E-state index in [2.05, 4.69) is 19.7 Å². The predicted octanol–water partition coefficient (Wildman–Crippen LogP) is 3.18. The Labute approximate surface area is 171 Å². The summed E-state index contributed by atoms with van der Waals surface area (Å²) in [6, 6.07) is 9.46. The lowest BCUT2D eigenvalue weighted by Gasteiger charge is -2.11. The molecule has 0 aromatic heterocycles. The number of benzene rings is 2. The summed E-state index contributed by atoms with van der Waals surface area (Å²) in [5.74, 6) is -2.87. The van der Waals surface area contributed by atoms with Crippen molar-refractivity contribution in [2.75, 3.05) is 0 Å². The van der Waals surface area contributed by atoms with Crippen LogP contribution in [0.15, 0.2) is 80.4 Å². The molecule has 0 bridgehead atoms. The molecule has 2 rings (SSSR count). The van der Waals surface area contributed by atoms with Gasteiger partial charge in [0, 0.05) is 18.2 Å². The maximum Gasteiger partial charge on any atom is 0.343 e. The van der Waals surface area contributed by atoms with E-state index in [1.165, 1.54) is 42.5 Å². The van der Waals surface area contributed by atoms with E-state index < -0.39 is 23.9 Å². The first kappa shape index (κ1) is 21.8. The van der Waals surface area contributed by atoms with E-state index in [0.717, 1.165) is 18.2 Å². The number of esters is 4. The summed E-state index contributed by atoms with van der Waals surface area (Å²) in [4.78, 5) is 46.5. The molecule has 8 heteroatoms. The molecular formula is C22H16O8. The van der Waals surface area contributed by atoms with E-state index in [1.54, 1.807) is 0 Å². The minimum absolute atomic E-state index is 0.0161. The van der Waals surface area contributed by atoms with E-state index >= 15 is 0 Å². The number of rotatable bonds is 8. The smallest absolute Gasteiger partial charge is 0.343 e. The zero-order valence-electron chi connectivity index (χ0n) is 15.7. The second kappa shape index (κ2) is 10.2. The zero-order valence-corrected chi connectivity index (χ0v) is 15.7. The molecule has 2 aromatic carbocycles. The van der Waals surface area contributed by atoms with Gasteiger partial charge in [-0.3, -0.25) is 0 Å². The summed E-state index contributed by atoms with van der Waals surface area (Å²) in [5, 5.41) is 0. The first-order chi connectivity index (χ1) is 14.4. The minimum atomic E-state index is -0.818. The molecule has 0 fully saturated rings. The molecule has 0 radical (unpaired) electrons. The third-order valence-electron chi connectivity index (χ3n) is 3.35. The first-order valence-electron chi connectivity index (χ1n) is 8.35. The first-order valence-corrected chi connectivity index (χ1v) is 8.35. The summed E-state index contributed by atoms with van der Waals surface area (Å²) in [6.45, 7) is 9.85. The molecule has 0 heterocycles. The van der Waals surface area contributed by atoms with Crippen LogP contribution in [0.2, 0.25) is 0 Å². The molecule has 0 aliphatic rings. The van der Waals surface area contributed by atoms with Gasteiger partial charge in [-0.25, -0.2) is 19.2 Å². The largest absolute Gasteiger partial charge is 0.423 e. The third kappa shape index (κ3) is 6.03. The monoisotopic (exact) mass is 408 g/mol. The van der Waals surface area contributed by atoms with Crippen LogP contribution in [0.1, 0.15) is 10.4 Å². The second-order valence-corrected chi connectivity index (χ2v) is 5.40. The summed E-state index contributed by atoms with van der Waals surface area (Å²) >= 11 is 0. The van der Waals surface area contributed by atoms with Crippen molar-refractivity contribution in [2.45, 2.75) is 0 Å².